The Morgan fingerprint density at radius 3 is 2.45 bits per heavy atom. The number of benzene rings is 1. The molecule has 31 heavy (non-hydrogen) atoms. The first-order chi connectivity index (χ1) is 15.0. The Morgan fingerprint density at radius 1 is 0.968 bits per heavy atom. The second-order valence-corrected chi connectivity index (χ2v) is 8.09. The summed E-state index contributed by atoms with van der Waals surface area (Å²) in [5.41, 5.74) is 1.50. The van der Waals surface area contributed by atoms with Gasteiger partial charge in [0.15, 0.2) is 0 Å². The summed E-state index contributed by atoms with van der Waals surface area (Å²) in [7, 11) is 0. The summed E-state index contributed by atoms with van der Waals surface area (Å²) in [6.45, 7) is 2.51. The van der Waals surface area contributed by atoms with E-state index in [2.05, 4.69) is 10.2 Å². The largest absolute Gasteiger partial charge is 0.469 e. The molecule has 5 rings (SSSR count). The molecule has 0 bridgehead atoms. The van der Waals surface area contributed by atoms with Crippen molar-refractivity contribution in [2.75, 3.05) is 19.6 Å². The van der Waals surface area contributed by atoms with Crippen LogP contribution in [0, 0.1) is 0 Å². The first-order valence-electron chi connectivity index (χ1n) is 10.4. The average molecular weight is 422 g/mol. The molecule has 5 amide bonds. The number of carbonyl (C=O) groups excluding carboxylic acids is 4. The molecule has 0 spiro atoms. The minimum Gasteiger partial charge on any atom is -0.469 e. The van der Waals surface area contributed by atoms with Crippen molar-refractivity contribution >= 4 is 23.8 Å². The number of imide groups is 2. The molecule has 9 heteroatoms. The highest BCUT2D eigenvalue weighted by Gasteiger charge is 2.43. The predicted octanol–water partition coefficient (Wildman–Crippen LogP) is 2.11. The third kappa shape index (κ3) is 3.50. The van der Waals surface area contributed by atoms with E-state index in [1.165, 1.54) is 0 Å². The van der Waals surface area contributed by atoms with Crippen LogP contribution in [0.4, 0.5) is 4.79 Å². The van der Waals surface area contributed by atoms with Gasteiger partial charge in [-0.15, -0.1) is 0 Å². The minimum absolute atomic E-state index is 0.00634. The van der Waals surface area contributed by atoms with Crippen LogP contribution in [0.15, 0.2) is 41.0 Å². The standard InChI is InChI=1S/C22H22N4O5/c27-19-7-10-25(22(30)23-19)26-20(28)16-4-3-14(12-17(16)21(26)29)13-24-8-5-15(6-9-24)18-2-1-11-31-18/h1-4,11-12,15H,5-10,13H2,(H,23,27,30). The number of piperidine rings is 1. The van der Waals surface area contributed by atoms with Crippen LogP contribution in [-0.2, 0) is 11.3 Å². The summed E-state index contributed by atoms with van der Waals surface area (Å²) in [5, 5.41) is 3.99. The lowest BCUT2D eigenvalue weighted by Crippen LogP contribution is -2.58. The molecule has 2 saturated heterocycles. The second kappa shape index (κ2) is 7.66. The first-order valence-corrected chi connectivity index (χ1v) is 10.4. The van der Waals surface area contributed by atoms with E-state index in [1.807, 2.05) is 18.2 Å². The van der Waals surface area contributed by atoms with Gasteiger partial charge in [-0.3, -0.25) is 24.6 Å². The van der Waals surface area contributed by atoms with Gasteiger partial charge in [-0.05, 0) is 55.8 Å². The highest BCUT2D eigenvalue weighted by Crippen LogP contribution is 2.30. The van der Waals surface area contributed by atoms with Gasteiger partial charge in [-0.25, -0.2) is 9.80 Å². The zero-order chi connectivity index (χ0) is 21.5. The Hall–Kier alpha value is -3.46. The lowest BCUT2D eigenvalue weighted by molar-refractivity contribution is -0.122. The summed E-state index contributed by atoms with van der Waals surface area (Å²) >= 11 is 0. The minimum atomic E-state index is -0.759. The van der Waals surface area contributed by atoms with Crippen LogP contribution < -0.4 is 5.32 Å². The van der Waals surface area contributed by atoms with Crippen LogP contribution >= 0.6 is 0 Å². The fourth-order valence-electron chi connectivity index (χ4n) is 4.50. The maximum Gasteiger partial charge on any atom is 0.343 e. The van der Waals surface area contributed by atoms with E-state index >= 15 is 0 Å². The summed E-state index contributed by atoms with van der Waals surface area (Å²) in [4.78, 5) is 51.5. The Bertz CT molecular complexity index is 1060. The number of hydrazine groups is 1. The van der Waals surface area contributed by atoms with Crippen LogP contribution in [0.25, 0.3) is 0 Å². The number of nitrogens with zero attached hydrogens (tertiary/aromatic N) is 3. The molecule has 3 aliphatic heterocycles. The normalized spacial score (nSPS) is 20.4. The molecule has 1 N–H and O–H groups in total. The summed E-state index contributed by atoms with van der Waals surface area (Å²) in [5.74, 6) is -0.0411. The highest BCUT2D eigenvalue weighted by molar-refractivity contribution is 6.22. The second-order valence-electron chi connectivity index (χ2n) is 8.09. The van der Waals surface area contributed by atoms with Gasteiger partial charge in [0.05, 0.1) is 23.9 Å². The lowest BCUT2D eigenvalue weighted by atomic mass is 9.94. The number of nitrogens with one attached hydrogen (secondary N) is 1. The zero-order valence-corrected chi connectivity index (χ0v) is 16.9. The topological polar surface area (TPSA) is 103 Å². The molecule has 2 fully saturated rings. The van der Waals surface area contributed by atoms with Gasteiger partial charge in [0, 0.05) is 18.9 Å². The van der Waals surface area contributed by atoms with Crippen molar-refractivity contribution in [1.29, 1.82) is 0 Å². The molecule has 0 unspecified atom stereocenters. The van der Waals surface area contributed by atoms with Crippen molar-refractivity contribution in [2.45, 2.75) is 31.7 Å². The molecule has 4 heterocycles. The molecule has 3 aliphatic rings. The van der Waals surface area contributed by atoms with E-state index < -0.39 is 23.8 Å². The fourth-order valence-corrected chi connectivity index (χ4v) is 4.50. The SMILES string of the molecule is O=C1CCN(N2C(=O)c3ccc(CN4CCC(c5ccco5)CC4)cc3C2=O)C(=O)N1. The summed E-state index contributed by atoms with van der Waals surface area (Å²) in [6.07, 6.45) is 3.76. The molecule has 160 valence electrons. The number of fused-ring (bicyclic) bond motifs is 1. The van der Waals surface area contributed by atoms with Crippen molar-refractivity contribution in [3.8, 4) is 0 Å². The maximum absolute atomic E-state index is 12.9. The van der Waals surface area contributed by atoms with Crippen molar-refractivity contribution in [3.05, 3.63) is 59.0 Å². The van der Waals surface area contributed by atoms with E-state index in [4.69, 9.17) is 4.42 Å². The van der Waals surface area contributed by atoms with Crippen LogP contribution in [0.2, 0.25) is 0 Å². The number of urea groups is 1. The van der Waals surface area contributed by atoms with Crippen molar-refractivity contribution in [2.24, 2.45) is 0 Å². The number of furan rings is 1. The van der Waals surface area contributed by atoms with Crippen molar-refractivity contribution < 1.29 is 23.6 Å². The van der Waals surface area contributed by atoms with Crippen molar-refractivity contribution in [3.63, 3.8) is 0 Å². The number of hydrogen-bond acceptors (Lipinski definition) is 6. The molecule has 0 saturated carbocycles. The number of carbonyl (C=O) groups is 4. The first kappa shape index (κ1) is 19.5. The van der Waals surface area contributed by atoms with Crippen LogP contribution in [-0.4, -0.2) is 58.3 Å². The molecule has 0 radical (unpaired) electrons. The smallest absolute Gasteiger partial charge is 0.343 e. The molecule has 0 atom stereocenters. The monoisotopic (exact) mass is 422 g/mol. The molecule has 1 aromatic carbocycles. The van der Waals surface area contributed by atoms with Gasteiger partial charge >= 0.3 is 6.03 Å². The van der Waals surface area contributed by atoms with Gasteiger partial charge in [0.1, 0.15) is 5.76 Å². The van der Waals surface area contributed by atoms with Gasteiger partial charge < -0.3 is 4.42 Å². The molecule has 2 aromatic rings. The van der Waals surface area contributed by atoms with E-state index in [0.29, 0.717) is 12.5 Å². The van der Waals surface area contributed by atoms with E-state index in [9.17, 15) is 19.2 Å². The number of hydrogen-bond donors (Lipinski definition) is 1. The summed E-state index contributed by atoms with van der Waals surface area (Å²) < 4.78 is 5.53. The number of likely N-dealkylation sites (tertiary alicyclic amines) is 1. The van der Waals surface area contributed by atoms with Gasteiger partial charge in [0.2, 0.25) is 5.91 Å². The molecule has 9 nitrogen and oxygen atoms in total. The lowest BCUT2D eigenvalue weighted by Gasteiger charge is -2.32. The summed E-state index contributed by atoms with van der Waals surface area (Å²) in [6, 6.07) is 8.42. The predicted molar refractivity (Wildman–Crippen MR) is 108 cm³/mol. The molecular formula is C22H22N4O5. The number of amides is 5. The Morgan fingerprint density at radius 2 is 1.74 bits per heavy atom. The van der Waals surface area contributed by atoms with E-state index in [0.717, 1.165) is 47.3 Å². The third-order valence-electron chi connectivity index (χ3n) is 6.14. The quantitative estimate of drug-likeness (QED) is 0.757. The number of rotatable bonds is 4. The third-order valence-corrected chi connectivity index (χ3v) is 6.14. The van der Waals surface area contributed by atoms with Crippen LogP contribution in [0.3, 0.4) is 0 Å². The van der Waals surface area contributed by atoms with E-state index in [-0.39, 0.29) is 24.1 Å². The Balaban J connectivity index is 1.27. The van der Waals surface area contributed by atoms with Crippen molar-refractivity contribution in [1.82, 2.24) is 20.2 Å². The fraction of sp³-hybridized carbons (Fsp3) is 0.364. The van der Waals surface area contributed by atoms with Crippen LogP contribution in [0.1, 0.15) is 57.2 Å². The maximum atomic E-state index is 12.9. The molecule has 0 aliphatic carbocycles. The Kier molecular flexibility index (Phi) is 4.82. The van der Waals surface area contributed by atoms with E-state index in [1.54, 1.807) is 18.4 Å². The molecule has 1 aromatic heterocycles. The zero-order valence-electron chi connectivity index (χ0n) is 16.9. The van der Waals surface area contributed by atoms with Gasteiger partial charge in [0.25, 0.3) is 11.8 Å². The highest BCUT2D eigenvalue weighted by atomic mass is 16.3. The van der Waals surface area contributed by atoms with Gasteiger partial charge in [-0.1, -0.05) is 6.07 Å². The molecular weight excluding hydrogens is 400 g/mol. The average Bonchev–Trinajstić information content (AvgIpc) is 3.37. The Labute approximate surface area is 178 Å². The van der Waals surface area contributed by atoms with Crippen LogP contribution in [0.5, 0.6) is 0 Å². The van der Waals surface area contributed by atoms with Gasteiger partial charge in [-0.2, -0.15) is 5.01 Å².